The molecule has 3 aliphatic rings. The minimum absolute atomic E-state index is 0.236. The van der Waals surface area contributed by atoms with Gasteiger partial charge in [0.2, 0.25) is 0 Å². The molecule has 2 aliphatic heterocycles. The number of carbonyl (C=O) groups excluding carboxylic acids is 2. The lowest BCUT2D eigenvalue weighted by Crippen LogP contribution is -2.49. The number of carbonyl (C=O) groups is 2. The minimum atomic E-state index is -0.331. The van der Waals surface area contributed by atoms with Crippen LogP contribution in [-0.4, -0.2) is 49.7 Å². The van der Waals surface area contributed by atoms with Crippen LogP contribution in [-0.2, 0) is 9.53 Å². The first-order chi connectivity index (χ1) is 11.2. The van der Waals surface area contributed by atoms with E-state index in [0.717, 1.165) is 24.9 Å². The Kier molecular flexibility index (Phi) is 5.20. The fourth-order valence-corrected chi connectivity index (χ4v) is 4.12. The van der Waals surface area contributed by atoms with Crippen LogP contribution in [0.15, 0.2) is 11.3 Å². The molecule has 1 aliphatic carbocycles. The van der Waals surface area contributed by atoms with Crippen LogP contribution in [0.25, 0.3) is 0 Å². The molecule has 0 bridgehead atoms. The SMILES string of the molecule is CCOC(=O)C1=C(CN2CC[C@@H]3CCCC[C@@H]3C2)NC(=O)NC1. The highest BCUT2D eigenvalue weighted by Crippen LogP contribution is 2.36. The Morgan fingerprint density at radius 3 is 2.83 bits per heavy atom. The van der Waals surface area contributed by atoms with E-state index in [1.165, 1.54) is 32.1 Å². The molecule has 1 saturated heterocycles. The average Bonchev–Trinajstić information content (AvgIpc) is 2.55. The number of nitrogens with zero attached hydrogens (tertiary/aromatic N) is 1. The third-order valence-electron chi connectivity index (χ3n) is 5.33. The van der Waals surface area contributed by atoms with Crippen molar-refractivity contribution >= 4 is 12.0 Å². The van der Waals surface area contributed by atoms with Crippen LogP contribution in [0.3, 0.4) is 0 Å². The van der Waals surface area contributed by atoms with Crippen LogP contribution in [0.4, 0.5) is 4.79 Å². The third-order valence-corrected chi connectivity index (χ3v) is 5.33. The highest BCUT2D eigenvalue weighted by molar-refractivity contribution is 5.93. The monoisotopic (exact) mass is 321 g/mol. The first-order valence-corrected chi connectivity index (χ1v) is 8.83. The zero-order valence-electron chi connectivity index (χ0n) is 13.9. The van der Waals surface area contributed by atoms with Crippen molar-refractivity contribution in [3.8, 4) is 0 Å². The maximum Gasteiger partial charge on any atom is 0.337 e. The number of amides is 2. The lowest BCUT2D eigenvalue weighted by Gasteiger charge is -2.41. The molecule has 0 aromatic heterocycles. The molecule has 6 heteroatoms. The van der Waals surface area contributed by atoms with Crippen molar-refractivity contribution in [1.82, 2.24) is 15.5 Å². The van der Waals surface area contributed by atoms with E-state index in [-0.39, 0.29) is 18.5 Å². The van der Waals surface area contributed by atoms with Gasteiger partial charge in [0.15, 0.2) is 0 Å². The van der Waals surface area contributed by atoms with Crippen molar-refractivity contribution in [1.29, 1.82) is 0 Å². The first-order valence-electron chi connectivity index (χ1n) is 8.83. The van der Waals surface area contributed by atoms with Crippen LogP contribution in [0.1, 0.15) is 39.0 Å². The van der Waals surface area contributed by atoms with Gasteiger partial charge in [-0.1, -0.05) is 19.3 Å². The molecular formula is C17H27N3O3. The fraction of sp³-hybridized carbons (Fsp3) is 0.765. The Hall–Kier alpha value is -1.56. The molecule has 0 unspecified atom stereocenters. The molecule has 0 aromatic rings. The van der Waals surface area contributed by atoms with E-state index in [1.54, 1.807) is 6.92 Å². The Morgan fingerprint density at radius 1 is 1.26 bits per heavy atom. The molecule has 2 fully saturated rings. The van der Waals surface area contributed by atoms with E-state index in [0.29, 0.717) is 24.4 Å². The van der Waals surface area contributed by atoms with Gasteiger partial charge in [-0.25, -0.2) is 9.59 Å². The number of urea groups is 1. The Labute approximate surface area is 137 Å². The molecule has 0 spiro atoms. The number of piperidine rings is 1. The van der Waals surface area contributed by atoms with Gasteiger partial charge < -0.3 is 15.4 Å². The molecule has 128 valence electrons. The molecule has 0 aromatic carbocycles. The summed E-state index contributed by atoms with van der Waals surface area (Å²) in [5.74, 6) is 1.32. The van der Waals surface area contributed by atoms with Crippen molar-refractivity contribution < 1.29 is 14.3 Å². The van der Waals surface area contributed by atoms with Gasteiger partial charge in [0.25, 0.3) is 0 Å². The highest BCUT2D eigenvalue weighted by Gasteiger charge is 2.32. The quantitative estimate of drug-likeness (QED) is 0.772. The molecular weight excluding hydrogens is 294 g/mol. The summed E-state index contributed by atoms with van der Waals surface area (Å²) in [5, 5.41) is 5.47. The highest BCUT2D eigenvalue weighted by atomic mass is 16.5. The number of nitrogens with one attached hydrogen (secondary N) is 2. The topological polar surface area (TPSA) is 70.7 Å². The molecule has 2 N–H and O–H groups in total. The number of esters is 1. The molecule has 2 atom stereocenters. The predicted molar refractivity (Wildman–Crippen MR) is 86.7 cm³/mol. The second-order valence-electron chi connectivity index (χ2n) is 6.81. The Balaban J connectivity index is 1.68. The van der Waals surface area contributed by atoms with Crippen LogP contribution >= 0.6 is 0 Å². The molecule has 3 rings (SSSR count). The summed E-state index contributed by atoms with van der Waals surface area (Å²) in [6.45, 7) is 5.14. The zero-order chi connectivity index (χ0) is 16.2. The molecule has 6 nitrogen and oxygen atoms in total. The van der Waals surface area contributed by atoms with Gasteiger partial charge in [-0.15, -0.1) is 0 Å². The summed E-state index contributed by atoms with van der Waals surface area (Å²) in [6, 6.07) is -0.236. The number of ether oxygens (including phenoxy) is 1. The summed E-state index contributed by atoms with van der Waals surface area (Å²) in [5.41, 5.74) is 1.26. The normalized spacial score (nSPS) is 28.7. The Bertz CT molecular complexity index is 503. The number of rotatable bonds is 4. The maximum atomic E-state index is 12.1. The second-order valence-corrected chi connectivity index (χ2v) is 6.81. The smallest absolute Gasteiger partial charge is 0.337 e. The Morgan fingerprint density at radius 2 is 2.04 bits per heavy atom. The second kappa shape index (κ2) is 7.34. The van der Waals surface area contributed by atoms with Crippen molar-refractivity contribution in [2.75, 3.05) is 32.8 Å². The van der Waals surface area contributed by atoms with Crippen LogP contribution in [0, 0.1) is 11.8 Å². The van der Waals surface area contributed by atoms with Gasteiger partial charge in [-0.3, -0.25) is 4.90 Å². The zero-order valence-corrected chi connectivity index (χ0v) is 13.9. The van der Waals surface area contributed by atoms with Gasteiger partial charge in [-0.05, 0) is 38.1 Å². The first kappa shape index (κ1) is 16.3. The fourth-order valence-electron chi connectivity index (χ4n) is 4.12. The van der Waals surface area contributed by atoms with Crippen molar-refractivity contribution in [3.63, 3.8) is 0 Å². The molecule has 23 heavy (non-hydrogen) atoms. The average molecular weight is 321 g/mol. The van der Waals surface area contributed by atoms with Crippen LogP contribution < -0.4 is 10.6 Å². The maximum absolute atomic E-state index is 12.1. The van der Waals surface area contributed by atoms with Gasteiger partial charge in [0, 0.05) is 18.8 Å². The summed E-state index contributed by atoms with van der Waals surface area (Å²) >= 11 is 0. The molecule has 2 heterocycles. The summed E-state index contributed by atoms with van der Waals surface area (Å²) < 4.78 is 5.12. The number of hydrogen-bond donors (Lipinski definition) is 2. The number of likely N-dealkylation sites (tertiary alicyclic amines) is 1. The van der Waals surface area contributed by atoms with Crippen LogP contribution in [0.5, 0.6) is 0 Å². The van der Waals surface area contributed by atoms with E-state index in [1.807, 2.05) is 0 Å². The van der Waals surface area contributed by atoms with E-state index in [9.17, 15) is 9.59 Å². The van der Waals surface area contributed by atoms with Gasteiger partial charge in [0.05, 0.1) is 18.7 Å². The summed E-state index contributed by atoms with van der Waals surface area (Å²) in [4.78, 5) is 26.1. The number of hydrogen-bond acceptors (Lipinski definition) is 4. The lowest BCUT2D eigenvalue weighted by atomic mass is 9.75. The van der Waals surface area contributed by atoms with E-state index >= 15 is 0 Å². The van der Waals surface area contributed by atoms with Crippen molar-refractivity contribution in [3.05, 3.63) is 11.3 Å². The van der Waals surface area contributed by atoms with Crippen LogP contribution in [0.2, 0.25) is 0 Å². The van der Waals surface area contributed by atoms with E-state index in [2.05, 4.69) is 15.5 Å². The predicted octanol–water partition coefficient (Wildman–Crippen LogP) is 1.63. The molecule has 0 radical (unpaired) electrons. The van der Waals surface area contributed by atoms with E-state index in [4.69, 9.17) is 4.74 Å². The summed E-state index contributed by atoms with van der Waals surface area (Å²) in [6.07, 6.45) is 6.64. The lowest BCUT2D eigenvalue weighted by molar-refractivity contribution is -0.138. The minimum Gasteiger partial charge on any atom is -0.463 e. The molecule has 2 amide bonds. The van der Waals surface area contributed by atoms with Crippen molar-refractivity contribution in [2.45, 2.75) is 39.0 Å². The largest absolute Gasteiger partial charge is 0.463 e. The summed E-state index contributed by atoms with van der Waals surface area (Å²) in [7, 11) is 0. The van der Waals surface area contributed by atoms with Gasteiger partial charge >= 0.3 is 12.0 Å². The van der Waals surface area contributed by atoms with Gasteiger partial charge in [0.1, 0.15) is 0 Å². The molecule has 1 saturated carbocycles. The van der Waals surface area contributed by atoms with Crippen molar-refractivity contribution in [2.24, 2.45) is 11.8 Å². The standard InChI is InChI=1S/C17H27N3O3/c1-2-23-16(21)14-9-18-17(22)19-15(14)11-20-8-7-12-5-3-4-6-13(12)10-20/h12-13H,2-11H2,1H3,(H2,18,19,22)/t12-,13+/m0/s1. The van der Waals surface area contributed by atoms with E-state index < -0.39 is 0 Å². The third kappa shape index (κ3) is 3.86. The van der Waals surface area contributed by atoms with Gasteiger partial charge in [-0.2, -0.15) is 0 Å². The number of fused-ring (bicyclic) bond motifs is 1.